The van der Waals surface area contributed by atoms with Gasteiger partial charge >= 0.3 is 0 Å². The van der Waals surface area contributed by atoms with Gasteiger partial charge in [-0.15, -0.1) is 0 Å². The molecule has 1 saturated carbocycles. The van der Waals surface area contributed by atoms with Gasteiger partial charge in [-0.1, -0.05) is 5.16 Å². The van der Waals surface area contributed by atoms with Crippen molar-refractivity contribution in [1.29, 1.82) is 0 Å². The van der Waals surface area contributed by atoms with E-state index in [2.05, 4.69) is 10.1 Å². The molecular formula is C14H16FN3O2. The molecule has 5 nitrogen and oxygen atoms in total. The van der Waals surface area contributed by atoms with Crippen LogP contribution in [0.2, 0.25) is 0 Å². The molecule has 3 rings (SSSR count). The van der Waals surface area contributed by atoms with Crippen LogP contribution in [0.15, 0.2) is 22.7 Å². The number of anilines is 1. The molecule has 0 unspecified atom stereocenters. The second-order valence-corrected chi connectivity index (χ2v) is 5.07. The van der Waals surface area contributed by atoms with Gasteiger partial charge in [-0.2, -0.15) is 4.98 Å². The number of nitrogen functional groups attached to an aromatic ring is 1. The van der Waals surface area contributed by atoms with Gasteiger partial charge in [-0.25, -0.2) is 4.39 Å². The van der Waals surface area contributed by atoms with Crippen molar-refractivity contribution >= 4 is 5.69 Å². The Morgan fingerprint density at radius 1 is 1.35 bits per heavy atom. The smallest absolute Gasteiger partial charge is 0.261 e. The first-order chi connectivity index (χ1) is 9.64. The number of methoxy groups -OCH3 is 1. The van der Waals surface area contributed by atoms with Crippen LogP contribution in [0.25, 0.3) is 11.5 Å². The normalized spacial score (nSPS) is 17.5. The lowest BCUT2D eigenvalue weighted by Gasteiger charge is -2.22. The van der Waals surface area contributed by atoms with E-state index >= 15 is 0 Å². The van der Waals surface area contributed by atoms with Crippen LogP contribution >= 0.6 is 0 Å². The average molecular weight is 277 g/mol. The number of hydrogen-bond acceptors (Lipinski definition) is 5. The average Bonchev–Trinajstić information content (AvgIpc) is 3.10. The summed E-state index contributed by atoms with van der Waals surface area (Å²) in [6.07, 6.45) is 3.82. The largest absolute Gasteiger partial charge is 0.399 e. The number of nitrogens with zero attached hydrogens (tertiary/aromatic N) is 2. The molecule has 1 heterocycles. The summed E-state index contributed by atoms with van der Waals surface area (Å²) < 4.78 is 24.6. The number of nitrogens with two attached hydrogens (primary N) is 1. The fourth-order valence-electron chi connectivity index (χ4n) is 2.69. The van der Waals surface area contributed by atoms with Gasteiger partial charge in [0.2, 0.25) is 5.82 Å². The Labute approximate surface area is 115 Å². The number of aromatic nitrogens is 2. The lowest BCUT2D eigenvalue weighted by atomic mass is 10.0. The van der Waals surface area contributed by atoms with E-state index in [0.717, 1.165) is 25.7 Å². The number of ether oxygens (including phenoxy) is 1. The summed E-state index contributed by atoms with van der Waals surface area (Å²) in [5.41, 5.74) is 5.83. The van der Waals surface area contributed by atoms with Gasteiger partial charge in [-0.3, -0.25) is 0 Å². The van der Waals surface area contributed by atoms with Crippen molar-refractivity contribution < 1.29 is 13.7 Å². The molecule has 0 bridgehead atoms. The number of halogens is 1. The van der Waals surface area contributed by atoms with E-state index < -0.39 is 11.4 Å². The van der Waals surface area contributed by atoms with Crippen molar-refractivity contribution in [3.63, 3.8) is 0 Å². The van der Waals surface area contributed by atoms with Crippen LogP contribution in [0.4, 0.5) is 10.1 Å². The predicted molar refractivity (Wildman–Crippen MR) is 71.3 cm³/mol. The fraction of sp³-hybridized carbons (Fsp3) is 0.429. The van der Waals surface area contributed by atoms with Crippen LogP contribution < -0.4 is 5.73 Å². The van der Waals surface area contributed by atoms with Gasteiger partial charge in [0.1, 0.15) is 11.4 Å². The summed E-state index contributed by atoms with van der Waals surface area (Å²) in [5, 5.41) is 3.97. The molecule has 2 N–H and O–H groups in total. The van der Waals surface area contributed by atoms with E-state index in [0.29, 0.717) is 11.5 Å². The Morgan fingerprint density at radius 2 is 2.10 bits per heavy atom. The first-order valence-corrected chi connectivity index (χ1v) is 6.59. The molecule has 106 valence electrons. The maximum absolute atomic E-state index is 13.8. The van der Waals surface area contributed by atoms with Crippen molar-refractivity contribution in [3.8, 4) is 11.5 Å². The summed E-state index contributed by atoms with van der Waals surface area (Å²) >= 11 is 0. The molecule has 1 aromatic carbocycles. The third-order valence-corrected chi connectivity index (χ3v) is 3.86. The van der Waals surface area contributed by atoms with E-state index in [1.165, 1.54) is 18.2 Å². The maximum atomic E-state index is 13.8. The Bertz CT molecular complexity index is 621. The predicted octanol–water partition coefficient (Wildman–Crippen LogP) is 2.87. The maximum Gasteiger partial charge on any atom is 0.261 e. The molecule has 20 heavy (non-hydrogen) atoms. The SMILES string of the molecule is COC1(c2noc(-c3cc(N)ccc3F)n2)CCCC1. The Balaban J connectivity index is 2.00. The Kier molecular flexibility index (Phi) is 3.17. The molecule has 0 atom stereocenters. The first-order valence-electron chi connectivity index (χ1n) is 6.59. The summed E-state index contributed by atoms with van der Waals surface area (Å²) in [6.45, 7) is 0. The van der Waals surface area contributed by atoms with Gasteiger partial charge < -0.3 is 15.0 Å². The lowest BCUT2D eigenvalue weighted by molar-refractivity contribution is -0.0178. The molecule has 1 aliphatic rings. The monoisotopic (exact) mass is 277 g/mol. The van der Waals surface area contributed by atoms with Crippen LogP contribution in [0.3, 0.4) is 0 Å². The van der Waals surface area contributed by atoms with Gasteiger partial charge in [0.05, 0.1) is 5.56 Å². The van der Waals surface area contributed by atoms with E-state index in [-0.39, 0.29) is 11.5 Å². The quantitative estimate of drug-likeness (QED) is 0.873. The van der Waals surface area contributed by atoms with Gasteiger partial charge in [0.15, 0.2) is 0 Å². The first kappa shape index (κ1) is 13.1. The van der Waals surface area contributed by atoms with Crippen molar-refractivity contribution in [2.75, 3.05) is 12.8 Å². The van der Waals surface area contributed by atoms with E-state index in [4.69, 9.17) is 15.0 Å². The minimum atomic E-state index is -0.501. The Morgan fingerprint density at radius 3 is 2.80 bits per heavy atom. The van der Waals surface area contributed by atoms with E-state index in [1.54, 1.807) is 7.11 Å². The molecule has 0 spiro atoms. The van der Waals surface area contributed by atoms with Crippen molar-refractivity contribution in [2.24, 2.45) is 0 Å². The molecule has 0 saturated heterocycles. The number of rotatable bonds is 3. The zero-order chi connectivity index (χ0) is 14.2. The standard InChI is InChI=1S/C14H16FN3O2/c1-19-14(6-2-3-7-14)13-17-12(20-18-13)10-8-9(16)4-5-11(10)15/h4-5,8H,2-3,6-7,16H2,1H3. The molecule has 1 aromatic heterocycles. The van der Waals surface area contributed by atoms with E-state index in [9.17, 15) is 4.39 Å². The highest BCUT2D eigenvalue weighted by molar-refractivity contribution is 5.60. The van der Waals surface area contributed by atoms with Crippen LogP contribution in [0.1, 0.15) is 31.5 Å². The van der Waals surface area contributed by atoms with Crippen molar-refractivity contribution in [2.45, 2.75) is 31.3 Å². The molecule has 0 aliphatic heterocycles. The molecule has 6 heteroatoms. The minimum absolute atomic E-state index is 0.133. The van der Waals surface area contributed by atoms with Gasteiger partial charge in [0.25, 0.3) is 5.89 Å². The third kappa shape index (κ3) is 2.06. The zero-order valence-corrected chi connectivity index (χ0v) is 11.2. The highest BCUT2D eigenvalue weighted by Gasteiger charge is 2.40. The minimum Gasteiger partial charge on any atom is -0.399 e. The van der Waals surface area contributed by atoms with Crippen LogP contribution in [-0.2, 0) is 10.3 Å². The highest BCUT2D eigenvalue weighted by Crippen LogP contribution is 2.40. The topological polar surface area (TPSA) is 74.2 Å². The molecular weight excluding hydrogens is 261 g/mol. The van der Waals surface area contributed by atoms with Crippen LogP contribution in [0, 0.1) is 5.82 Å². The van der Waals surface area contributed by atoms with Crippen LogP contribution in [0.5, 0.6) is 0 Å². The van der Waals surface area contributed by atoms with Crippen molar-refractivity contribution in [3.05, 3.63) is 29.8 Å². The van der Waals surface area contributed by atoms with Crippen LogP contribution in [-0.4, -0.2) is 17.3 Å². The number of benzene rings is 1. The number of hydrogen-bond donors (Lipinski definition) is 1. The lowest BCUT2D eigenvalue weighted by Crippen LogP contribution is -2.25. The molecule has 2 aromatic rings. The second-order valence-electron chi connectivity index (χ2n) is 5.07. The second kappa shape index (κ2) is 4.86. The summed E-state index contributed by atoms with van der Waals surface area (Å²) in [4.78, 5) is 4.31. The molecule has 1 fully saturated rings. The molecule has 1 aliphatic carbocycles. The summed E-state index contributed by atoms with van der Waals surface area (Å²) in [5.74, 6) is 0.176. The summed E-state index contributed by atoms with van der Waals surface area (Å²) in [7, 11) is 1.64. The molecule has 0 radical (unpaired) electrons. The molecule has 0 amide bonds. The summed E-state index contributed by atoms with van der Waals surface area (Å²) in [6, 6.07) is 4.26. The van der Waals surface area contributed by atoms with Crippen molar-refractivity contribution in [1.82, 2.24) is 10.1 Å². The van der Waals surface area contributed by atoms with Gasteiger partial charge in [-0.05, 0) is 43.9 Å². The fourth-order valence-corrected chi connectivity index (χ4v) is 2.69. The van der Waals surface area contributed by atoms with E-state index in [1.807, 2.05) is 0 Å². The Hall–Kier alpha value is -1.95. The van der Waals surface area contributed by atoms with Gasteiger partial charge in [0, 0.05) is 12.8 Å². The zero-order valence-electron chi connectivity index (χ0n) is 11.2. The third-order valence-electron chi connectivity index (χ3n) is 3.86. The highest BCUT2D eigenvalue weighted by atomic mass is 19.1.